The van der Waals surface area contributed by atoms with Gasteiger partial charge in [0.15, 0.2) is 0 Å². The van der Waals surface area contributed by atoms with Crippen molar-refractivity contribution in [1.82, 2.24) is 0 Å². The molecule has 1 aromatic carbocycles. The lowest BCUT2D eigenvalue weighted by atomic mass is 10.1. The molecule has 5 nitrogen and oxygen atoms in total. The summed E-state index contributed by atoms with van der Waals surface area (Å²) >= 11 is 0.970. The van der Waals surface area contributed by atoms with Crippen LogP contribution in [0, 0.1) is 0 Å². The first kappa shape index (κ1) is 15.5. The van der Waals surface area contributed by atoms with E-state index in [4.69, 9.17) is 5.11 Å². The smallest absolute Gasteiger partial charge is 0.308 e. The third-order valence-electron chi connectivity index (χ3n) is 2.87. The van der Waals surface area contributed by atoms with Gasteiger partial charge in [-0.1, -0.05) is 25.1 Å². The van der Waals surface area contributed by atoms with Crippen LogP contribution in [0.4, 0.5) is 5.69 Å². The second-order valence-corrected chi connectivity index (χ2v) is 7.49. The van der Waals surface area contributed by atoms with Gasteiger partial charge < -0.3 is 5.11 Å². The van der Waals surface area contributed by atoms with E-state index in [1.54, 1.807) is 12.1 Å². The van der Waals surface area contributed by atoms with Gasteiger partial charge in [0.05, 0.1) is 12.1 Å². The summed E-state index contributed by atoms with van der Waals surface area (Å²) in [6.07, 6.45) is 0.541. The van der Waals surface area contributed by atoms with Crippen molar-refractivity contribution >= 4 is 33.0 Å². The van der Waals surface area contributed by atoms with Gasteiger partial charge in [0.25, 0.3) is 10.0 Å². The number of carboxylic acids is 1. The predicted octanol–water partition coefficient (Wildman–Crippen LogP) is 2.74. The molecule has 0 aliphatic carbocycles. The summed E-state index contributed by atoms with van der Waals surface area (Å²) < 4.78 is 27.3. The Morgan fingerprint density at radius 1 is 1.24 bits per heavy atom. The Morgan fingerprint density at radius 2 is 1.95 bits per heavy atom. The van der Waals surface area contributed by atoms with Gasteiger partial charge in [0.2, 0.25) is 0 Å². The van der Waals surface area contributed by atoms with E-state index in [0.717, 1.165) is 16.9 Å². The van der Waals surface area contributed by atoms with Crippen LogP contribution >= 0.6 is 11.3 Å². The molecule has 0 unspecified atom stereocenters. The number of nitrogens with one attached hydrogen (secondary N) is 1. The third kappa shape index (κ3) is 3.83. The summed E-state index contributed by atoms with van der Waals surface area (Å²) in [5.41, 5.74) is 1.46. The van der Waals surface area contributed by atoms with E-state index in [0.29, 0.717) is 17.0 Å². The fraction of sp³-hybridized carbons (Fsp3) is 0.214. The zero-order valence-electron chi connectivity index (χ0n) is 11.4. The molecule has 0 radical (unpaired) electrons. The Morgan fingerprint density at radius 3 is 2.62 bits per heavy atom. The van der Waals surface area contributed by atoms with Crippen molar-refractivity contribution < 1.29 is 18.3 Å². The number of thiophene rings is 1. The number of carbonyl (C=O) groups is 1. The maximum atomic E-state index is 12.3. The number of hydrogen-bond acceptors (Lipinski definition) is 4. The first-order valence-corrected chi connectivity index (χ1v) is 8.63. The molecule has 21 heavy (non-hydrogen) atoms. The molecule has 1 heterocycles. The molecule has 1 aromatic heterocycles. The molecule has 112 valence electrons. The number of carboxylic acid groups (broad SMARTS) is 1. The van der Waals surface area contributed by atoms with Crippen LogP contribution in [-0.4, -0.2) is 19.5 Å². The third-order valence-corrected chi connectivity index (χ3v) is 5.81. The van der Waals surface area contributed by atoms with Crippen LogP contribution in [0.5, 0.6) is 0 Å². The van der Waals surface area contributed by atoms with Gasteiger partial charge in [-0.15, -0.1) is 11.3 Å². The summed E-state index contributed by atoms with van der Waals surface area (Å²) in [7, 11) is -3.69. The van der Waals surface area contributed by atoms with E-state index >= 15 is 0 Å². The molecule has 0 fully saturated rings. The molecule has 0 spiro atoms. The minimum Gasteiger partial charge on any atom is -0.481 e. The zero-order chi connectivity index (χ0) is 15.5. The Bertz CT molecular complexity index is 750. The molecule has 2 rings (SSSR count). The predicted molar refractivity (Wildman–Crippen MR) is 82.3 cm³/mol. The average molecular weight is 325 g/mol. The van der Waals surface area contributed by atoms with Crippen molar-refractivity contribution in [3.63, 3.8) is 0 Å². The largest absolute Gasteiger partial charge is 0.481 e. The standard InChI is InChI=1S/C14H15NO4S2/c1-2-10-5-3-4-6-12(10)15-21(18,19)14-8-7-11(20-14)9-13(16)17/h3-8,15H,2,9H2,1H3,(H,16,17). The normalized spacial score (nSPS) is 11.3. The first-order valence-electron chi connectivity index (χ1n) is 6.33. The highest BCUT2D eigenvalue weighted by atomic mass is 32.2. The second-order valence-electron chi connectivity index (χ2n) is 4.41. The molecule has 0 atom stereocenters. The Balaban J connectivity index is 2.26. The van der Waals surface area contributed by atoms with E-state index in [1.165, 1.54) is 12.1 Å². The van der Waals surface area contributed by atoms with Gasteiger partial charge in [-0.25, -0.2) is 8.42 Å². The van der Waals surface area contributed by atoms with Gasteiger partial charge >= 0.3 is 5.97 Å². The molecule has 2 N–H and O–H groups in total. The van der Waals surface area contributed by atoms with Gasteiger partial charge in [-0.3, -0.25) is 9.52 Å². The summed E-state index contributed by atoms with van der Waals surface area (Å²) in [5.74, 6) is -0.981. The lowest BCUT2D eigenvalue weighted by Crippen LogP contribution is -2.12. The molecule has 0 aliphatic heterocycles. The van der Waals surface area contributed by atoms with Crippen LogP contribution < -0.4 is 4.72 Å². The molecule has 2 aromatic rings. The number of rotatable bonds is 6. The van der Waals surface area contributed by atoms with E-state index in [9.17, 15) is 13.2 Å². The number of aryl methyl sites for hydroxylation is 1. The minimum atomic E-state index is -3.69. The van der Waals surface area contributed by atoms with Crippen LogP contribution in [0.2, 0.25) is 0 Å². The van der Waals surface area contributed by atoms with Crippen molar-refractivity contribution in [2.45, 2.75) is 24.0 Å². The number of hydrogen-bond donors (Lipinski definition) is 2. The van der Waals surface area contributed by atoms with E-state index in [-0.39, 0.29) is 10.6 Å². The van der Waals surface area contributed by atoms with E-state index in [1.807, 2.05) is 19.1 Å². The maximum Gasteiger partial charge on any atom is 0.308 e. The molecule has 0 amide bonds. The Kier molecular flexibility index (Phi) is 4.64. The van der Waals surface area contributed by atoms with Crippen LogP contribution in [0.1, 0.15) is 17.4 Å². The first-order chi connectivity index (χ1) is 9.92. The highest BCUT2D eigenvalue weighted by molar-refractivity contribution is 7.94. The number of anilines is 1. The zero-order valence-corrected chi connectivity index (χ0v) is 13.0. The van der Waals surface area contributed by atoms with Crippen LogP contribution in [0.3, 0.4) is 0 Å². The van der Waals surface area contributed by atoms with Crippen molar-refractivity contribution in [3.05, 3.63) is 46.8 Å². The van der Waals surface area contributed by atoms with Crippen LogP contribution in [0.25, 0.3) is 0 Å². The number of sulfonamides is 1. The lowest BCUT2D eigenvalue weighted by molar-refractivity contribution is -0.136. The van der Waals surface area contributed by atoms with Gasteiger partial charge in [0, 0.05) is 4.88 Å². The van der Waals surface area contributed by atoms with E-state index < -0.39 is 16.0 Å². The monoisotopic (exact) mass is 325 g/mol. The van der Waals surface area contributed by atoms with Crippen LogP contribution in [-0.2, 0) is 27.7 Å². The lowest BCUT2D eigenvalue weighted by Gasteiger charge is -2.10. The van der Waals surface area contributed by atoms with Crippen molar-refractivity contribution in [1.29, 1.82) is 0 Å². The molecule has 0 saturated carbocycles. The van der Waals surface area contributed by atoms with Crippen molar-refractivity contribution in [2.24, 2.45) is 0 Å². The summed E-state index contributed by atoms with van der Waals surface area (Å²) in [4.78, 5) is 11.1. The van der Waals surface area contributed by atoms with Crippen molar-refractivity contribution in [2.75, 3.05) is 4.72 Å². The minimum absolute atomic E-state index is 0.115. The maximum absolute atomic E-state index is 12.3. The second kappa shape index (κ2) is 6.28. The highest BCUT2D eigenvalue weighted by Gasteiger charge is 2.18. The fourth-order valence-electron chi connectivity index (χ4n) is 1.87. The number of para-hydroxylation sites is 1. The molecular weight excluding hydrogens is 310 g/mol. The van der Waals surface area contributed by atoms with Crippen molar-refractivity contribution in [3.8, 4) is 0 Å². The summed E-state index contributed by atoms with van der Waals surface area (Å²) in [6, 6.07) is 10.2. The molecule has 7 heteroatoms. The Labute approximate surface area is 127 Å². The average Bonchev–Trinajstić information content (AvgIpc) is 2.87. The fourth-order valence-corrected chi connectivity index (χ4v) is 4.32. The number of aliphatic carboxylic acids is 1. The topological polar surface area (TPSA) is 83.5 Å². The quantitative estimate of drug-likeness (QED) is 0.855. The number of benzene rings is 1. The van der Waals surface area contributed by atoms with E-state index in [2.05, 4.69) is 4.72 Å². The summed E-state index contributed by atoms with van der Waals surface area (Å²) in [6.45, 7) is 1.95. The Hall–Kier alpha value is -1.86. The molecule has 0 aliphatic rings. The highest BCUT2D eigenvalue weighted by Crippen LogP contribution is 2.26. The summed E-state index contributed by atoms with van der Waals surface area (Å²) in [5, 5.41) is 8.72. The SMILES string of the molecule is CCc1ccccc1NS(=O)(=O)c1ccc(CC(=O)O)s1. The van der Waals surface area contributed by atoms with Gasteiger partial charge in [-0.05, 0) is 30.2 Å². The molecule has 0 bridgehead atoms. The van der Waals surface area contributed by atoms with Gasteiger partial charge in [0.1, 0.15) is 4.21 Å². The molecule has 0 saturated heterocycles. The van der Waals surface area contributed by atoms with Crippen LogP contribution in [0.15, 0.2) is 40.6 Å². The molecular formula is C14H15NO4S2. The van der Waals surface area contributed by atoms with Gasteiger partial charge in [-0.2, -0.15) is 0 Å².